The number of hydrogen-bond acceptors (Lipinski definition) is 7. The molecule has 0 fully saturated rings. The highest BCUT2D eigenvalue weighted by molar-refractivity contribution is 5.57. The Labute approximate surface area is 105 Å². The molecule has 0 amide bonds. The minimum absolute atomic E-state index is 0.472. The maximum atomic E-state index is 4.67. The van der Waals surface area contributed by atoms with Crippen molar-refractivity contribution in [3.8, 4) is 0 Å². The summed E-state index contributed by atoms with van der Waals surface area (Å²) in [6, 6.07) is 0. The fourth-order valence-electron chi connectivity index (χ4n) is 1.57. The van der Waals surface area contributed by atoms with Crippen molar-refractivity contribution in [1.29, 1.82) is 0 Å². The van der Waals surface area contributed by atoms with Gasteiger partial charge in [-0.1, -0.05) is 5.16 Å². The average Bonchev–Trinajstić information content (AvgIpc) is 2.85. The lowest BCUT2D eigenvalue weighted by molar-refractivity contribution is 0.411. The summed E-state index contributed by atoms with van der Waals surface area (Å²) < 4.78 is 4.67. The third-order valence-corrected chi connectivity index (χ3v) is 2.42. The van der Waals surface area contributed by atoms with Gasteiger partial charge in [0, 0.05) is 12.1 Å². The molecule has 2 aromatic rings. The highest BCUT2D eigenvalue weighted by Crippen LogP contribution is 2.19. The van der Waals surface area contributed by atoms with E-state index < -0.39 is 0 Å². The van der Waals surface area contributed by atoms with Crippen molar-refractivity contribution in [3.05, 3.63) is 23.6 Å². The highest BCUT2D eigenvalue weighted by atomic mass is 16.5. The van der Waals surface area contributed by atoms with Crippen LogP contribution in [0.3, 0.4) is 0 Å². The second-order valence-electron chi connectivity index (χ2n) is 3.82. The van der Waals surface area contributed by atoms with E-state index in [4.69, 9.17) is 0 Å². The molecular formula is C11H16N6O. The predicted molar refractivity (Wildman–Crippen MR) is 67.3 cm³/mol. The van der Waals surface area contributed by atoms with Gasteiger partial charge >= 0.3 is 0 Å². The molecule has 0 radical (unpaired) electrons. The Morgan fingerprint density at radius 1 is 1.17 bits per heavy atom. The molecule has 2 rings (SSSR count). The fraction of sp³-hybridized carbons (Fsp3) is 0.455. The molecule has 0 saturated heterocycles. The SMILES string of the molecule is CCNc1nc(C)nc(NCc2ncon2)c1C. The lowest BCUT2D eigenvalue weighted by Gasteiger charge is -2.12. The molecule has 18 heavy (non-hydrogen) atoms. The standard InChI is InChI=1S/C11H16N6O/c1-4-12-10-7(2)11(16-8(3)15-10)13-5-9-14-6-18-17-9/h6H,4-5H2,1-3H3,(H2,12,13,15,16). The van der Waals surface area contributed by atoms with Gasteiger partial charge in [-0.3, -0.25) is 0 Å². The molecule has 7 heteroatoms. The summed E-state index contributed by atoms with van der Waals surface area (Å²) in [6.07, 6.45) is 1.30. The van der Waals surface area contributed by atoms with E-state index in [-0.39, 0.29) is 0 Å². The van der Waals surface area contributed by atoms with Crippen LogP contribution < -0.4 is 10.6 Å². The molecule has 0 aliphatic carbocycles. The number of rotatable bonds is 5. The molecule has 0 aliphatic heterocycles. The smallest absolute Gasteiger partial charge is 0.213 e. The number of anilines is 2. The van der Waals surface area contributed by atoms with E-state index in [1.54, 1.807) is 0 Å². The first-order chi connectivity index (χ1) is 8.70. The van der Waals surface area contributed by atoms with Crippen molar-refractivity contribution < 1.29 is 4.52 Å². The first-order valence-electron chi connectivity index (χ1n) is 5.79. The minimum atomic E-state index is 0.472. The van der Waals surface area contributed by atoms with E-state index in [1.807, 2.05) is 20.8 Å². The quantitative estimate of drug-likeness (QED) is 0.829. The van der Waals surface area contributed by atoms with Gasteiger partial charge in [0.2, 0.25) is 6.39 Å². The molecular weight excluding hydrogens is 232 g/mol. The zero-order chi connectivity index (χ0) is 13.0. The van der Waals surface area contributed by atoms with E-state index in [9.17, 15) is 0 Å². The summed E-state index contributed by atoms with van der Waals surface area (Å²) in [7, 11) is 0. The fourth-order valence-corrected chi connectivity index (χ4v) is 1.57. The van der Waals surface area contributed by atoms with Gasteiger partial charge < -0.3 is 15.2 Å². The molecule has 0 bridgehead atoms. The van der Waals surface area contributed by atoms with Crippen LogP contribution in [0, 0.1) is 13.8 Å². The van der Waals surface area contributed by atoms with Gasteiger partial charge in [0.15, 0.2) is 5.82 Å². The van der Waals surface area contributed by atoms with Crippen LogP contribution in [0.25, 0.3) is 0 Å². The number of hydrogen-bond donors (Lipinski definition) is 2. The second-order valence-corrected chi connectivity index (χ2v) is 3.82. The summed E-state index contributed by atoms with van der Waals surface area (Å²) in [5.41, 5.74) is 0.978. The minimum Gasteiger partial charge on any atom is -0.370 e. The van der Waals surface area contributed by atoms with Gasteiger partial charge in [-0.15, -0.1) is 0 Å². The monoisotopic (exact) mass is 248 g/mol. The molecule has 7 nitrogen and oxygen atoms in total. The van der Waals surface area contributed by atoms with Crippen LogP contribution in [0.4, 0.5) is 11.6 Å². The lowest BCUT2D eigenvalue weighted by Crippen LogP contribution is -2.10. The van der Waals surface area contributed by atoms with Gasteiger partial charge in [0.1, 0.15) is 17.5 Å². The average molecular weight is 248 g/mol. The summed E-state index contributed by atoms with van der Waals surface area (Å²) in [5.74, 6) is 2.94. The van der Waals surface area contributed by atoms with Crippen LogP contribution in [-0.2, 0) is 6.54 Å². The molecule has 2 aromatic heterocycles. The van der Waals surface area contributed by atoms with Crippen LogP contribution in [-0.4, -0.2) is 26.7 Å². The summed E-state index contributed by atoms with van der Waals surface area (Å²) >= 11 is 0. The first kappa shape index (κ1) is 12.3. The van der Waals surface area contributed by atoms with Gasteiger partial charge in [-0.2, -0.15) is 4.98 Å². The molecule has 0 aromatic carbocycles. The van der Waals surface area contributed by atoms with Gasteiger partial charge in [-0.05, 0) is 20.8 Å². The molecule has 2 heterocycles. The van der Waals surface area contributed by atoms with Gasteiger partial charge in [-0.25, -0.2) is 9.97 Å². The molecule has 0 spiro atoms. The first-order valence-corrected chi connectivity index (χ1v) is 5.79. The molecule has 2 N–H and O–H groups in total. The Hall–Kier alpha value is -2.18. The van der Waals surface area contributed by atoms with Crippen LogP contribution in [0.5, 0.6) is 0 Å². The zero-order valence-electron chi connectivity index (χ0n) is 10.7. The lowest BCUT2D eigenvalue weighted by atomic mass is 10.3. The Kier molecular flexibility index (Phi) is 3.71. The largest absolute Gasteiger partial charge is 0.370 e. The Morgan fingerprint density at radius 2 is 1.89 bits per heavy atom. The second kappa shape index (κ2) is 5.44. The summed E-state index contributed by atoms with van der Waals surface area (Å²) in [6.45, 7) is 7.15. The van der Waals surface area contributed by atoms with E-state index >= 15 is 0 Å². The number of aryl methyl sites for hydroxylation is 1. The molecule has 0 saturated carbocycles. The Bertz CT molecular complexity index is 511. The van der Waals surface area contributed by atoms with Crippen molar-refractivity contribution in [2.45, 2.75) is 27.3 Å². The molecule has 0 aliphatic rings. The van der Waals surface area contributed by atoms with Gasteiger partial charge in [0.25, 0.3) is 0 Å². The Morgan fingerprint density at radius 3 is 2.50 bits per heavy atom. The van der Waals surface area contributed by atoms with Gasteiger partial charge in [0.05, 0.1) is 6.54 Å². The van der Waals surface area contributed by atoms with Crippen molar-refractivity contribution >= 4 is 11.6 Å². The normalized spacial score (nSPS) is 10.4. The molecule has 96 valence electrons. The van der Waals surface area contributed by atoms with Crippen molar-refractivity contribution in [3.63, 3.8) is 0 Å². The third kappa shape index (κ3) is 2.73. The summed E-state index contributed by atoms with van der Waals surface area (Å²) in [4.78, 5) is 12.7. The Balaban J connectivity index is 2.16. The zero-order valence-corrected chi connectivity index (χ0v) is 10.7. The van der Waals surface area contributed by atoms with Crippen LogP contribution in [0.15, 0.2) is 10.9 Å². The maximum absolute atomic E-state index is 4.67. The topological polar surface area (TPSA) is 88.8 Å². The highest BCUT2D eigenvalue weighted by Gasteiger charge is 2.09. The van der Waals surface area contributed by atoms with Crippen molar-refractivity contribution in [2.24, 2.45) is 0 Å². The number of nitrogens with zero attached hydrogens (tertiary/aromatic N) is 4. The number of nitrogens with one attached hydrogen (secondary N) is 2. The van der Waals surface area contributed by atoms with Crippen molar-refractivity contribution in [1.82, 2.24) is 20.1 Å². The van der Waals surface area contributed by atoms with Crippen molar-refractivity contribution in [2.75, 3.05) is 17.2 Å². The van der Waals surface area contributed by atoms with Crippen LogP contribution >= 0.6 is 0 Å². The van der Waals surface area contributed by atoms with E-state index in [0.29, 0.717) is 18.2 Å². The predicted octanol–water partition coefficient (Wildman–Crippen LogP) is 1.52. The van der Waals surface area contributed by atoms with Crippen LogP contribution in [0.1, 0.15) is 24.1 Å². The molecule has 0 unspecified atom stereocenters. The number of aromatic nitrogens is 4. The van der Waals surface area contributed by atoms with Crippen LogP contribution in [0.2, 0.25) is 0 Å². The van der Waals surface area contributed by atoms with E-state index in [2.05, 4.69) is 35.3 Å². The van der Waals surface area contributed by atoms with E-state index in [0.717, 1.165) is 23.7 Å². The van der Waals surface area contributed by atoms with E-state index in [1.165, 1.54) is 6.39 Å². The third-order valence-electron chi connectivity index (χ3n) is 2.42. The maximum Gasteiger partial charge on any atom is 0.213 e. The summed E-state index contributed by atoms with van der Waals surface area (Å²) in [5, 5.41) is 10.1. The molecule has 0 atom stereocenters.